The van der Waals surface area contributed by atoms with Gasteiger partial charge in [-0.2, -0.15) is 0 Å². The molecule has 0 spiro atoms. The molecule has 3 N–H and O–H groups in total. The molecule has 0 saturated carbocycles. The van der Waals surface area contributed by atoms with Crippen LogP contribution in [0.25, 0.3) is 0 Å². The van der Waals surface area contributed by atoms with E-state index in [9.17, 15) is 9.59 Å². The van der Waals surface area contributed by atoms with E-state index in [0.29, 0.717) is 25.1 Å². The zero-order valence-electron chi connectivity index (χ0n) is 17.3. The minimum atomic E-state index is -0.550. The van der Waals surface area contributed by atoms with Crippen molar-refractivity contribution in [3.8, 4) is 0 Å². The average Bonchev–Trinajstić information content (AvgIpc) is 2.73. The van der Waals surface area contributed by atoms with Gasteiger partial charge in [0.2, 0.25) is 5.91 Å². The summed E-state index contributed by atoms with van der Waals surface area (Å²) in [6, 6.07) is 15.7. The molecule has 0 radical (unpaired) electrons. The van der Waals surface area contributed by atoms with Crippen LogP contribution in [0, 0.1) is 12.8 Å². The Hall–Kier alpha value is -3.28. The van der Waals surface area contributed by atoms with Crippen molar-refractivity contribution in [2.24, 2.45) is 11.7 Å². The van der Waals surface area contributed by atoms with Gasteiger partial charge in [0.15, 0.2) is 0 Å². The highest BCUT2D eigenvalue weighted by Crippen LogP contribution is 2.47. The van der Waals surface area contributed by atoms with Crippen molar-refractivity contribution in [1.82, 2.24) is 4.90 Å². The second-order valence-electron chi connectivity index (χ2n) is 7.95. The van der Waals surface area contributed by atoms with Gasteiger partial charge in [-0.15, -0.1) is 0 Å². The summed E-state index contributed by atoms with van der Waals surface area (Å²) in [7, 11) is 0. The van der Waals surface area contributed by atoms with Crippen LogP contribution in [-0.2, 0) is 20.9 Å². The Morgan fingerprint density at radius 1 is 1.20 bits per heavy atom. The lowest BCUT2D eigenvalue weighted by molar-refractivity contribution is -0.146. The predicted octanol–water partition coefficient (Wildman–Crippen LogP) is 3.28. The fourth-order valence-corrected chi connectivity index (χ4v) is 4.56. The average molecular weight is 405 g/mol. The van der Waals surface area contributed by atoms with Crippen molar-refractivity contribution in [2.75, 3.05) is 11.9 Å². The number of aryl methyl sites for hydroxylation is 1. The monoisotopic (exact) mass is 405 g/mol. The van der Waals surface area contributed by atoms with E-state index >= 15 is 0 Å². The summed E-state index contributed by atoms with van der Waals surface area (Å²) in [5, 5.41) is 3.37. The van der Waals surface area contributed by atoms with Crippen LogP contribution >= 0.6 is 0 Å². The zero-order chi connectivity index (χ0) is 21.3. The molecule has 4 rings (SSSR count). The number of ether oxygens (including phenoxy) is 1. The third kappa shape index (κ3) is 3.77. The standard InChI is InChI=1S/C24H27N3O3/c1-3-30-24(29)21-19-12-17(23(25)28)14-27(13-16-7-5-4-6-8-16)22(19)18-11-15(2)9-10-20(18)26-21/h4-11,14,19,21-22,26H,3,12-13H2,1-2H3,(H2,25,28)/t19-,21+,22+/m0/s1. The number of primary amides is 1. The highest BCUT2D eigenvalue weighted by molar-refractivity contribution is 5.92. The Morgan fingerprint density at radius 3 is 2.67 bits per heavy atom. The van der Waals surface area contributed by atoms with Gasteiger partial charge in [-0.25, -0.2) is 4.79 Å². The summed E-state index contributed by atoms with van der Waals surface area (Å²) in [5.74, 6) is -0.928. The Bertz CT molecular complexity index is 986. The molecule has 0 aromatic heterocycles. The summed E-state index contributed by atoms with van der Waals surface area (Å²) in [6.07, 6.45) is 2.30. The van der Waals surface area contributed by atoms with Crippen LogP contribution < -0.4 is 11.1 Å². The molecule has 2 heterocycles. The van der Waals surface area contributed by atoms with E-state index in [1.165, 1.54) is 0 Å². The number of benzene rings is 2. The van der Waals surface area contributed by atoms with Gasteiger partial charge in [-0.1, -0.05) is 48.0 Å². The Morgan fingerprint density at radius 2 is 1.97 bits per heavy atom. The van der Waals surface area contributed by atoms with Crippen molar-refractivity contribution in [3.63, 3.8) is 0 Å². The summed E-state index contributed by atoms with van der Waals surface area (Å²) in [4.78, 5) is 27.1. The van der Waals surface area contributed by atoms with Crippen LogP contribution in [0.2, 0.25) is 0 Å². The molecular weight excluding hydrogens is 378 g/mol. The number of hydrogen-bond donors (Lipinski definition) is 2. The van der Waals surface area contributed by atoms with Crippen LogP contribution in [0.4, 0.5) is 5.69 Å². The predicted molar refractivity (Wildman–Crippen MR) is 115 cm³/mol. The first-order chi connectivity index (χ1) is 14.5. The number of nitrogens with one attached hydrogen (secondary N) is 1. The summed E-state index contributed by atoms with van der Waals surface area (Å²) < 4.78 is 5.36. The third-order valence-corrected chi connectivity index (χ3v) is 5.87. The van der Waals surface area contributed by atoms with Crippen LogP contribution in [0.5, 0.6) is 0 Å². The number of amides is 1. The molecule has 0 fully saturated rings. The fourth-order valence-electron chi connectivity index (χ4n) is 4.56. The second kappa shape index (κ2) is 8.22. The van der Waals surface area contributed by atoms with Crippen molar-refractivity contribution < 1.29 is 14.3 Å². The smallest absolute Gasteiger partial charge is 0.328 e. The van der Waals surface area contributed by atoms with E-state index in [2.05, 4.69) is 35.3 Å². The molecule has 0 aliphatic carbocycles. The number of anilines is 1. The minimum absolute atomic E-state index is 0.0705. The highest BCUT2D eigenvalue weighted by atomic mass is 16.5. The van der Waals surface area contributed by atoms with E-state index in [1.807, 2.05) is 36.5 Å². The van der Waals surface area contributed by atoms with Gasteiger partial charge in [0, 0.05) is 29.9 Å². The van der Waals surface area contributed by atoms with E-state index in [1.54, 1.807) is 6.92 Å². The lowest BCUT2D eigenvalue weighted by Gasteiger charge is -2.47. The molecule has 1 amide bonds. The minimum Gasteiger partial charge on any atom is -0.464 e. The van der Waals surface area contributed by atoms with E-state index in [0.717, 1.165) is 22.4 Å². The topological polar surface area (TPSA) is 84.7 Å². The van der Waals surface area contributed by atoms with Gasteiger partial charge in [0.1, 0.15) is 6.04 Å². The lowest BCUT2D eigenvalue weighted by Crippen LogP contribution is -2.50. The molecule has 156 valence electrons. The molecule has 2 aliphatic heterocycles. The number of carbonyl (C=O) groups excluding carboxylic acids is 2. The Kier molecular flexibility index (Phi) is 5.48. The number of nitrogens with two attached hydrogens (primary N) is 1. The van der Waals surface area contributed by atoms with Crippen LogP contribution in [0.15, 0.2) is 60.3 Å². The summed E-state index contributed by atoms with van der Waals surface area (Å²) >= 11 is 0. The number of esters is 1. The number of rotatable bonds is 5. The first-order valence-corrected chi connectivity index (χ1v) is 10.3. The van der Waals surface area contributed by atoms with Crippen molar-refractivity contribution in [1.29, 1.82) is 0 Å². The van der Waals surface area contributed by atoms with Crippen LogP contribution in [0.3, 0.4) is 0 Å². The maximum absolute atomic E-state index is 12.8. The van der Waals surface area contributed by atoms with Gasteiger partial charge in [0.05, 0.1) is 12.6 Å². The van der Waals surface area contributed by atoms with Gasteiger partial charge in [-0.05, 0) is 37.5 Å². The number of hydrogen-bond acceptors (Lipinski definition) is 5. The van der Waals surface area contributed by atoms with Gasteiger partial charge < -0.3 is 20.7 Å². The van der Waals surface area contributed by atoms with Crippen molar-refractivity contribution >= 4 is 17.6 Å². The molecule has 3 atom stereocenters. The normalized spacial score (nSPS) is 22.3. The Balaban J connectivity index is 1.82. The SMILES string of the molecule is CCOC(=O)[C@@H]1Nc2ccc(C)cc2[C@@H]2[C@H]1CC(C(N)=O)=CN2Cc1ccccc1. The maximum Gasteiger partial charge on any atom is 0.328 e. The second-order valence-corrected chi connectivity index (χ2v) is 7.95. The number of nitrogens with zero attached hydrogens (tertiary/aromatic N) is 1. The molecule has 2 aliphatic rings. The molecule has 0 unspecified atom stereocenters. The molecule has 2 aromatic carbocycles. The van der Waals surface area contributed by atoms with Crippen LogP contribution in [-0.4, -0.2) is 29.4 Å². The molecule has 0 saturated heterocycles. The molecule has 6 nitrogen and oxygen atoms in total. The third-order valence-electron chi connectivity index (χ3n) is 5.87. The Labute approximate surface area is 176 Å². The molecule has 30 heavy (non-hydrogen) atoms. The van der Waals surface area contributed by atoms with Gasteiger partial charge in [-0.3, -0.25) is 4.79 Å². The first kappa shape index (κ1) is 20.0. The summed E-state index contributed by atoms with van der Waals surface area (Å²) in [6.45, 7) is 4.78. The quantitative estimate of drug-likeness (QED) is 0.746. The van der Waals surface area contributed by atoms with E-state index in [-0.39, 0.29) is 17.9 Å². The van der Waals surface area contributed by atoms with Crippen LogP contribution in [0.1, 0.15) is 36.1 Å². The van der Waals surface area contributed by atoms with E-state index < -0.39 is 11.9 Å². The maximum atomic E-state index is 12.8. The molecule has 0 bridgehead atoms. The first-order valence-electron chi connectivity index (χ1n) is 10.3. The highest BCUT2D eigenvalue weighted by Gasteiger charge is 2.46. The fraction of sp³-hybridized carbons (Fsp3) is 0.333. The summed E-state index contributed by atoms with van der Waals surface area (Å²) in [5.41, 5.74) is 10.5. The molecule has 2 aromatic rings. The lowest BCUT2D eigenvalue weighted by atomic mass is 9.75. The molecule has 6 heteroatoms. The number of carbonyl (C=O) groups is 2. The largest absolute Gasteiger partial charge is 0.464 e. The zero-order valence-corrected chi connectivity index (χ0v) is 17.3. The van der Waals surface area contributed by atoms with Gasteiger partial charge >= 0.3 is 5.97 Å². The number of fused-ring (bicyclic) bond motifs is 3. The van der Waals surface area contributed by atoms with Crippen molar-refractivity contribution in [3.05, 3.63) is 77.0 Å². The van der Waals surface area contributed by atoms with E-state index in [4.69, 9.17) is 10.5 Å². The van der Waals surface area contributed by atoms with Crippen molar-refractivity contribution in [2.45, 2.75) is 38.9 Å². The molecular formula is C24H27N3O3. The van der Waals surface area contributed by atoms with Gasteiger partial charge in [0.25, 0.3) is 0 Å².